The number of likely N-dealkylation sites (tertiary alicyclic amines) is 1. The summed E-state index contributed by atoms with van der Waals surface area (Å²) in [5.41, 5.74) is 1.68. The van der Waals surface area contributed by atoms with Gasteiger partial charge in [0.1, 0.15) is 23.7 Å². The number of benzene rings is 2. The molecule has 9 heteroatoms. The summed E-state index contributed by atoms with van der Waals surface area (Å²) in [6, 6.07) is 7.78. The molecular weight excluding hydrogens is 433 g/mol. The molecule has 1 fully saturated rings. The number of aromatic nitrogens is 2. The van der Waals surface area contributed by atoms with Crippen molar-refractivity contribution in [1.82, 2.24) is 14.9 Å². The fourth-order valence-electron chi connectivity index (χ4n) is 3.61. The normalized spacial score (nSPS) is 14.2. The number of fused-ring (bicyclic) bond motifs is 1. The van der Waals surface area contributed by atoms with Crippen LogP contribution in [0.2, 0.25) is 5.02 Å². The maximum Gasteiger partial charge on any atom is 0.248 e. The molecule has 3 aromatic rings. The van der Waals surface area contributed by atoms with Crippen molar-refractivity contribution in [2.24, 2.45) is 0 Å². The van der Waals surface area contributed by atoms with Crippen molar-refractivity contribution in [3.8, 4) is 5.75 Å². The zero-order valence-corrected chi connectivity index (χ0v) is 18.3. The van der Waals surface area contributed by atoms with Crippen molar-refractivity contribution < 1.29 is 13.9 Å². The van der Waals surface area contributed by atoms with Gasteiger partial charge in [0.05, 0.1) is 23.3 Å². The standard InChI is InChI=1S/C23H23ClFN5O2/c1-32-21-13-19-16(12-20(21)29-22(31)5-4-10-30-8-2-3-9-30)23(27-14-26-19)28-15-6-7-18(25)17(24)11-15/h4-7,11-14H,2-3,8-10H2,1H3,(H,29,31)(H,26,27,28)/b5-4+. The Morgan fingerprint density at radius 2 is 2.06 bits per heavy atom. The van der Waals surface area contributed by atoms with E-state index < -0.39 is 5.82 Å². The third-order valence-corrected chi connectivity index (χ3v) is 5.52. The number of nitrogens with one attached hydrogen (secondary N) is 2. The lowest BCUT2D eigenvalue weighted by atomic mass is 10.1. The van der Waals surface area contributed by atoms with Crippen molar-refractivity contribution in [2.45, 2.75) is 12.8 Å². The number of hydrogen-bond acceptors (Lipinski definition) is 6. The van der Waals surface area contributed by atoms with Gasteiger partial charge < -0.3 is 15.4 Å². The van der Waals surface area contributed by atoms with E-state index in [2.05, 4.69) is 25.5 Å². The maximum atomic E-state index is 13.5. The molecule has 32 heavy (non-hydrogen) atoms. The van der Waals surface area contributed by atoms with Crippen LogP contribution in [0.1, 0.15) is 12.8 Å². The van der Waals surface area contributed by atoms with E-state index in [1.807, 2.05) is 6.08 Å². The highest BCUT2D eigenvalue weighted by Gasteiger charge is 2.13. The van der Waals surface area contributed by atoms with Crippen molar-refractivity contribution >= 4 is 45.6 Å². The molecule has 0 bridgehead atoms. The number of halogens is 2. The van der Waals surface area contributed by atoms with E-state index in [4.69, 9.17) is 16.3 Å². The topological polar surface area (TPSA) is 79.4 Å². The van der Waals surface area contributed by atoms with Crippen molar-refractivity contribution in [3.63, 3.8) is 0 Å². The number of methoxy groups -OCH3 is 1. The summed E-state index contributed by atoms with van der Waals surface area (Å²) < 4.78 is 18.9. The average Bonchev–Trinajstić information content (AvgIpc) is 3.30. The Morgan fingerprint density at radius 3 is 2.81 bits per heavy atom. The van der Waals surface area contributed by atoms with Gasteiger partial charge in [-0.3, -0.25) is 9.69 Å². The predicted molar refractivity (Wildman–Crippen MR) is 124 cm³/mol. The fourth-order valence-corrected chi connectivity index (χ4v) is 3.79. The van der Waals surface area contributed by atoms with Crippen molar-refractivity contribution in [1.29, 1.82) is 0 Å². The van der Waals surface area contributed by atoms with Gasteiger partial charge in [0, 0.05) is 29.8 Å². The average molecular weight is 456 g/mol. The van der Waals surface area contributed by atoms with Crippen molar-refractivity contribution in [3.05, 3.63) is 59.7 Å². The van der Waals surface area contributed by atoms with E-state index in [-0.39, 0.29) is 10.9 Å². The zero-order chi connectivity index (χ0) is 22.5. The van der Waals surface area contributed by atoms with Crippen LogP contribution in [0.25, 0.3) is 10.9 Å². The number of anilines is 3. The summed E-state index contributed by atoms with van der Waals surface area (Å²) in [6.45, 7) is 2.89. The molecule has 4 rings (SSSR count). The molecule has 1 amide bonds. The van der Waals surface area contributed by atoms with Gasteiger partial charge in [-0.05, 0) is 50.2 Å². The minimum atomic E-state index is -0.503. The monoisotopic (exact) mass is 455 g/mol. The molecule has 1 aromatic heterocycles. The molecule has 1 aliphatic rings. The van der Waals surface area contributed by atoms with Gasteiger partial charge in [-0.15, -0.1) is 0 Å². The summed E-state index contributed by atoms with van der Waals surface area (Å²) in [6.07, 6.45) is 7.22. The molecule has 2 N–H and O–H groups in total. The summed E-state index contributed by atoms with van der Waals surface area (Å²) in [5, 5.41) is 6.65. The van der Waals surface area contributed by atoms with E-state index in [1.54, 1.807) is 18.2 Å². The molecule has 2 heterocycles. The second kappa shape index (κ2) is 9.93. The van der Waals surface area contributed by atoms with Crippen LogP contribution in [-0.2, 0) is 4.79 Å². The van der Waals surface area contributed by atoms with Crippen LogP contribution in [0.3, 0.4) is 0 Å². The van der Waals surface area contributed by atoms with Crippen LogP contribution in [0.5, 0.6) is 5.75 Å². The van der Waals surface area contributed by atoms with Gasteiger partial charge >= 0.3 is 0 Å². The van der Waals surface area contributed by atoms with Gasteiger partial charge in [0.25, 0.3) is 0 Å². The highest BCUT2D eigenvalue weighted by molar-refractivity contribution is 6.31. The van der Waals surface area contributed by atoms with E-state index in [0.29, 0.717) is 33.8 Å². The molecule has 0 atom stereocenters. The van der Waals surface area contributed by atoms with Gasteiger partial charge in [-0.2, -0.15) is 0 Å². The Labute approximate surface area is 190 Å². The molecule has 166 valence electrons. The zero-order valence-electron chi connectivity index (χ0n) is 17.6. The van der Waals surface area contributed by atoms with Crippen LogP contribution < -0.4 is 15.4 Å². The second-order valence-corrected chi connectivity index (χ2v) is 7.85. The van der Waals surface area contributed by atoms with Crippen LogP contribution in [0.15, 0.2) is 48.8 Å². The smallest absolute Gasteiger partial charge is 0.248 e. The molecule has 1 saturated heterocycles. The second-order valence-electron chi connectivity index (χ2n) is 7.45. The fraction of sp³-hybridized carbons (Fsp3) is 0.261. The Balaban J connectivity index is 1.57. The Morgan fingerprint density at radius 1 is 1.25 bits per heavy atom. The Hall–Kier alpha value is -3.23. The van der Waals surface area contributed by atoms with Crippen LogP contribution in [0.4, 0.5) is 21.6 Å². The lowest BCUT2D eigenvalue weighted by Gasteiger charge is -2.13. The number of ether oxygens (including phenoxy) is 1. The SMILES string of the molecule is COc1cc2ncnc(Nc3ccc(F)c(Cl)c3)c2cc1NC(=O)/C=C/CN1CCCC1. The first-order valence-electron chi connectivity index (χ1n) is 10.3. The summed E-state index contributed by atoms with van der Waals surface area (Å²) >= 11 is 5.88. The molecule has 2 aromatic carbocycles. The maximum absolute atomic E-state index is 13.5. The first-order chi connectivity index (χ1) is 15.5. The molecule has 0 saturated carbocycles. The molecule has 0 radical (unpaired) electrons. The Kier molecular flexibility index (Phi) is 6.82. The van der Waals surface area contributed by atoms with Crippen LogP contribution in [0, 0.1) is 5.82 Å². The largest absolute Gasteiger partial charge is 0.494 e. The van der Waals surface area contributed by atoms with Crippen LogP contribution >= 0.6 is 11.6 Å². The number of amides is 1. The minimum Gasteiger partial charge on any atom is -0.494 e. The quantitative estimate of drug-likeness (QED) is 0.500. The molecule has 1 aliphatic heterocycles. The molecule has 7 nitrogen and oxygen atoms in total. The van der Waals surface area contributed by atoms with E-state index in [0.717, 1.165) is 19.6 Å². The minimum absolute atomic E-state index is 0.00343. The first-order valence-corrected chi connectivity index (χ1v) is 10.7. The number of carbonyl (C=O) groups is 1. The Bertz CT molecular complexity index is 1160. The van der Waals surface area contributed by atoms with E-state index >= 15 is 0 Å². The number of rotatable bonds is 7. The summed E-state index contributed by atoms with van der Waals surface area (Å²) in [4.78, 5) is 23.3. The highest BCUT2D eigenvalue weighted by atomic mass is 35.5. The predicted octanol–water partition coefficient (Wildman–Crippen LogP) is 4.77. The molecule has 0 aliphatic carbocycles. The van der Waals surface area contributed by atoms with Gasteiger partial charge in [-0.25, -0.2) is 14.4 Å². The third-order valence-electron chi connectivity index (χ3n) is 5.23. The van der Waals surface area contributed by atoms with Gasteiger partial charge in [0.15, 0.2) is 0 Å². The van der Waals surface area contributed by atoms with E-state index in [9.17, 15) is 9.18 Å². The molecule has 0 unspecified atom stereocenters. The molecule has 0 spiro atoms. The third kappa shape index (κ3) is 5.15. The lowest BCUT2D eigenvalue weighted by molar-refractivity contribution is -0.111. The van der Waals surface area contributed by atoms with Gasteiger partial charge in [0.2, 0.25) is 5.91 Å². The number of carbonyl (C=O) groups excluding carboxylic acids is 1. The number of nitrogens with zero attached hydrogens (tertiary/aromatic N) is 3. The summed E-state index contributed by atoms with van der Waals surface area (Å²) in [5.74, 6) is 0.212. The summed E-state index contributed by atoms with van der Waals surface area (Å²) in [7, 11) is 1.53. The molecular formula is C23H23ClFN5O2. The van der Waals surface area contributed by atoms with E-state index in [1.165, 1.54) is 44.5 Å². The number of hydrogen-bond donors (Lipinski definition) is 2. The lowest BCUT2D eigenvalue weighted by Crippen LogP contribution is -2.19. The van der Waals surface area contributed by atoms with Gasteiger partial charge in [-0.1, -0.05) is 17.7 Å². The first kappa shape index (κ1) is 22.0. The highest BCUT2D eigenvalue weighted by Crippen LogP contribution is 2.33. The van der Waals surface area contributed by atoms with Crippen LogP contribution in [-0.4, -0.2) is 47.5 Å². The van der Waals surface area contributed by atoms with Crippen molar-refractivity contribution in [2.75, 3.05) is 37.4 Å².